The summed E-state index contributed by atoms with van der Waals surface area (Å²) in [7, 11) is 0. The summed E-state index contributed by atoms with van der Waals surface area (Å²) in [5, 5.41) is 9.81. The molecule has 3 heteroatoms. The molecule has 0 aliphatic heterocycles. The summed E-state index contributed by atoms with van der Waals surface area (Å²) in [6.07, 6.45) is 1.20. The van der Waals surface area contributed by atoms with Crippen molar-refractivity contribution in [3.63, 3.8) is 0 Å². The van der Waals surface area contributed by atoms with Gasteiger partial charge in [0.05, 0.1) is 5.02 Å². The van der Waals surface area contributed by atoms with E-state index in [2.05, 4.69) is 25.7 Å². The summed E-state index contributed by atoms with van der Waals surface area (Å²) < 4.78 is 0. The summed E-state index contributed by atoms with van der Waals surface area (Å²) in [6.45, 7) is 9.68. The Bertz CT molecular complexity index is 354. The SMILES string of the molecule is CCC(C)CN(CC)Cc1ccc(O)c(Cl)c1. The van der Waals surface area contributed by atoms with Crippen molar-refractivity contribution in [2.24, 2.45) is 5.92 Å². The lowest BCUT2D eigenvalue weighted by Crippen LogP contribution is -2.27. The van der Waals surface area contributed by atoms with Crippen LogP contribution in [0.2, 0.25) is 5.02 Å². The van der Waals surface area contributed by atoms with E-state index in [1.165, 1.54) is 6.42 Å². The van der Waals surface area contributed by atoms with Gasteiger partial charge in [0, 0.05) is 13.1 Å². The zero-order valence-electron chi connectivity index (χ0n) is 10.9. The van der Waals surface area contributed by atoms with Crippen LogP contribution in [-0.2, 0) is 6.54 Å². The molecule has 0 fully saturated rings. The second kappa shape index (κ2) is 6.87. The van der Waals surface area contributed by atoms with Crippen molar-refractivity contribution in [2.75, 3.05) is 13.1 Å². The van der Waals surface area contributed by atoms with E-state index in [-0.39, 0.29) is 5.75 Å². The number of phenols is 1. The van der Waals surface area contributed by atoms with Crippen molar-refractivity contribution in [1.82, 2.24) is 4.90 Å². The van der Waals surface area contributed by atoms with Gasteiger partial charge >= 0.3 is 0 Å². The largest absolute Gasteiger partial charge is 0.506 e. The van der Waals surface area contributed by atoms with Crippen LogP contribution >= 0.6 is 11.6 Å². The molecule has 0 spiro atoms. The third-order valence-corrected chi connectivity index (χ3v) is 3.44. The Hall–Kier alpha value is -0.730. The van der Waals surface area contributed by atoms with E-state index in [9.17, 15) is 5.11 Å². The van der Waals surface area contributed by atoms with Crippen LogP contribution < -0.4 is 0 Å². The fourth-order valence-corrected chi connectivity index (χ4v) is 1.99. The molecule has 1 unspecified atom stereocenters. The van der Waals surface area contributed by atoms with E-state index < -0.39 is 0 Å². The van der Waals surface area contributed by atoms with E-state index >= 15 is 0 Å². The summed E-state index contributed by atoms with van der Waals surface area (Å²) in [6, 6.07) is 5.44. The molecule has 0 heterocycles. The quantitative estimate of drug-likeness (QED) is 0.833. The Balaban J connectivity index is 2.63. The fourth-order valence-electron chi connectivity index (χ4n) is 1.78. The van der Waals surface area contributed by atoms with Gasteiger partial charge in [-0.25, -0.2) is 0 Å². The van der Waals surface area contributed by atoms with Crippen LogP contribution in [0.25, 0.3) is 0 Å². The number of hydrogen-bond donors (Lipinski definition) is 1. The summed E-state index contributed by atoms with van der Waals surface area (Å²) in [5.74, 6) is 0.864. The molecule has 2 nitrogen and oxygen atoms in total. The highest BCUT2D eigenvalue weighted by atomic mass is 35.5. The molecule has 1 N–H and O–H groups in total. The average molecular weight is 256 g/mol. The Morgan fingerprint density at radius 2 is 2.06 bits per heavy atom. The highest BCUT2D eigenvalue weighted by molar-refractivity contribution is 6.32. The maximum Gasteiger partial charge on any atom is 0.134 e. The van der Waals surface area contributed by atoms with Gasteiger partial charge in [-0.2, -0.15) is 0 Å². The molecule has 1 aromatic carbocycles. The lowest BCUT2D eigenvalue weighted by Gasteiger charge is -2.23. The van der Waals surface area contributed by atoms with Crippen molar-refractivity contribution in [3.8, 4) is 5.75 Å². The van der Waals surface area contributed by atoms with Crippen molar-refractivity contribution in [3.05, 3.63) is 28.8 Å². The molecular formula is C14H22ClNO. The molecule has 0 aromatic heterocycles. The van der Waals surface area contributed by atoms with E-state index in [1.54, 1.807) is 6.07 Å². The maximum atomic E-state index is 9.37. The van der Waals surface area contributed by atoms with Crippen LogP contribution in [0.1, 0.15) is 32.8 Å². The van der Waals surface area contributed by atoms with E-state index in [0.717, 1.165) is 25.2 Å². The fraction of sp³-hybridized carbons (Fsp3) is 0.571. The Labute approximate surface area is 109 Å². The molecule has 0 amide bonds. The van der Waals surface area contributed by atoms with Crippen molar-refractivity contribution >= 4 is 11.6 Å². The number of rotatable bonds is 6. The first kappa shape index (κ1) is 14.3. The van der Waals surface area contributed by atoms with E-state index in [0.29, 0.717) is 10.9 Å². The van der Waals surface area contributed by atoms with E-state index in [4.69, 9.17) is 11.6 Å². The van der Waals surface area contributed by atoms with Gasteiger partial charge in [0.15, 0.2) is 0 Å². The zero-order chi connectivity index (χ0) is 12.8. The lowest BCUT2D eigenvalue weighted by molar-refractivity contribution is 0.238. The molecule has 0 saturated heterocycles. The third-order valence-electron chi connectivity index (χ3n) is 3.13. The number of phenolic OH excluding ortho intramolecular Hbond substituents is 1. The average Bonchev–Trinajstić information content (AvgIpc) is 2.32. The molecular weight excluding hydrogens is 234 g/mol. The predicted octanol–water partition coefficient (Wildman–Crippen LogP) is 3.91. The first-order chi connectivity index (χ1) is 8.06. The Morgan fingerprint density at radius 3 is 2.59 bits per heavy atom. The molecule has 1 rings (SSSR count). The minimum atomic E-state index is 0.153. The zero-order valence-corrected chi connectivity index (χ0v) is 11.7. The monoisotopic (exact) mass is 255 g/mol. The minimum Gasteiger partial charge on any atom is -0.506 e. The molecule has 0 aliphatic rings. The van der Waals surface area contributed by atoms with Gasteiger partial charge in [0.25, 0.3) is 0 Å². The topological polar surface area (TPSA) is 23.5 Å². The van der Waals surface area contributed by atoms with Crippen molar-refractivity contribution < 1.29 is 5.11 Å². The number of aromatic hydroxyl groups is 1. The molecule has 1 atom stereocenters. The second-order valence-corrected chi connectivity index (χ2v) is 5.03. The Kier molecular flexibility index (Phi) is 5.79. The van der Waals surface area contributed by atoms with Gasteiger partial charge < -0.3 is 5.11 Å². The van der Waals surface area contributed by atoms with Crippen LogP contribution in [0.15, 0.2) is 18.2 Å². The standard InChI is InChI=1S/C14H22ClNO/c1-4-11(3)9-16(5-2)10-12-6-7-14(17)13(15)8-12/h6-8,11,17H,4-5,9-10H2,1-3H3. The predicted molar refractivity (Wildman–Crippen MR) is 73.5 cm³/mol. The lowest BCUT2D eigenvalue weighted by atomic mass is 10.1. The highest BCUT2D eigenvalue weighted by Crippen LogP contribution is 2.24. The Morgan fingerprint density at radius 1 is 1.35 bits per heavy atom. The molecule has 1 aromatic rings. The highest BCUT2D eigenvalue weighted by Gasteiger charge is 2.09. The van der Waals surface area contributed by atoms with Crippen LogP contribution in [0, 0.1) is 5.92 Å². The van der Waals surface area contributed by atoms with Gasteiger partial charge in [0.2, 0.25) is 0 Å². The summed E-state index contributed by atoms with van der Waals surface area (Å²) in [4.78, 5) is 2.40. The molecule has 0 aliphatic carbocycles. The number of nitrogens with zero attached hydrogens (tertiary/aromatic N) is 1. The minimum absolute atomic E-state index is 0.153. The smallest absolute Gasteiger partial charge is 0.134 e. The van der Waals surface area contributed by atoms with Crippen LogP contribution in [0.3, 0.4) is 0 Å². The van der Waals surface area contributed by atoms with Crippen molar-refractivity contribution in [1.29, 1.82) is 0 Å². The number of hydrogen-bond acceptors (Lipinski definition) is 2. The van der Waals surface area contributed by atoms with Crippen molar-refractivity contribution in [2.45, 2.75) is 33.7 Å². The first-order valence-corrected chi connectivity index (χ1v) is 6.64. The normalized spacial score (nSPS) is 13.0. The molecule has 0 saturated carbocycles. The van der Waals surface area contributed by atoms with Gasteiger partial charge in [-0.1, -0.05) is 44.9 Å². The van der Waals surface area contributed by atoms with Gasteiger partial charge in [-0.15, -0.1) is 0 Å². The molecule has 17 heavy (non-hydrogen) atoms. The van der Waals surface area contributed by atoms with Crippen LogP contribution in [0.4, 0.5) is 0 Å². The summed E-state index contributed by atoms with van der Waals surface area (Å²) >= 11 is 5.90. The maximum absolute atomic E-state index is 9.37. The number of halogens is 1. The summed E-state index contributed by atoms with van der Waals surface area (Å²) in [5.41, 5.74) is 1.15. The first-order valence-electron chi connectivity index (χ1n) is 6.26. The molecule has 0 radical (unpaired) electrons. The van der Waals surface area contributed by atoms with E-state index in [1.807, 2.05) is 12.1 Å². The van der Waals surface area contributed by atoms with Crippen LogP contribution in [-0.4, -0.2) is 23.1 Å². The number of benzene rings is 1. The van der Waals surface area contributed by atoms with Crippen LogP contribution in [0.5, 0.6) is 5.75 Å². The second-order valence-electron chi connectivity index (χ2n) is 4.63. The third kappa shape index (κ3) is 4.57. The van der Waals surface area contributed by atoms with Gasteiger partial charge in [0.1, 0.15) is 5.75 Å². The van der Waals surface area contributed by atoms with Gasteiger partial charge in [-0.3, -0.25) is 4.90 Å². The van der Waals surface area contributed by atoms with Gasteiger partial charge in [-0.05, 0) is 30.2 Å². The molecule has 0 bridgehead atoms. The molecule has 96 valence electrons.